The molecule has 6 nitrogen and oxygen atoms in total. The first kappa shape index (κ1) is 11.7. The van der Waals surface area contributed by atoms with E-state index in [-0.39, 0.29) is 5.69 Å². The lowest BCUT2D eigenvalue weighted by atomic mass is 10.3. The second-order valence-corrected chi connectivity index (χ2v) is 4.72. The Bertz CT molecular complexity index is 589. The zero-order valence-corrected chi connectivity index (χ0v) is 10.7. The number of aryl methyl sites for hydroxylation is 2. The first-order valence-electron chi connectivity index (χ1n) is 5.15. The second kappa shape index (κ2) is 4.62. The highest BCUT2D eigenvalue weighted by atomic mass is 32.1. The van der Waals surface area contributed by atoms with Gasteiger partial charge in [0.05, 0.1) is 6.54 Å². The molecule has 2 rings (SSSR count). The van der Waals surface area contributed by atoms with Crippen molar-refractivity contribution in [3.63, 3.8) is 0 Å². The molecule has 2 heterocycles. The Kier molecular flexibility index (Phi) is 3.19. The van der Waals surface area contributed by atoms with Crippen LogP contribution in [0.2, 0.25) is 0 Å². The average Bonchev–Trinajstić information content (AvgIpc) is 2.71. The minimum Gasteiger partial charge on any atom is -0.363 e. The van der Waals surface area contributed by atoms with Gasteiger partial charge in [-0.15, -0.1) is 10.2 Å². The third-order valence-electron chi connectivity index (χ3n) is 2.32. The number of hydrogen-bond acceptors (Lipinski definition) is 6. The molecular weight excluding hydrogens is 238 g/mol. The van der Waals surface area contributed by atoms with Gasteiger partial charge in [0.15, 0.2) is 0 Å². The summed E-state index contributed by atoms with van der Waals surface area (Å²) in [6.45, 7) is 4.11. The smallest absolute Gasteiger partial charge is 0.348 e. The normalized spacial score (nSPS) is 10.5. The van der Waals surface area contributed by atoms with Gasteiger partial charge in [0.1, 0.15) is 5.01 Å². The SMILES string of the molecule is CNc1nnc(Cn2c(C)cc(C)nc2=O)s1. The monoisotopic (exact) mass is 251 g/mol. The van der Waals surface area contributed by atoms with Crippen molar-refractivity contribution >= 4 is 16.5 Å². The van der Waals surface area contributed by atoms with Crippen LogP contribution >= 0.6 is 11.3 Å². The van der Waals surface area contributed by atoms with Gasteiger partial charge in [-0.05, 0) is 19.9 Å². The highest BCUT2D eigenvalue weighted by Gasteiger charge is 2.07. The number of anilines is 1. The molecule has 90 valence electrons. The lowest BCUT2D eigenvalue weighted by Crippen LogP contribution is -2.26. The van der Waals surface area contributed by atoms with Crippen molar-refractivity contribution in [3.8, 4) is 0 Å². The summed E-state index contributed by atoms with van der Waals surface area (Å²) in [5.74, 6) is 0. The lowest BCUT2D eigenvalue weighted by Gasteiger charge is -2.06. The molecule has 0 aliphatic rings. The fraction of sp³-hybridized carbons (Fsp3) is 0.400. The van der Waals surface area contributed by atoms with Gasteiger partial charge in [-0.25, -0.2) is 4.79 Å². The highest BCUT2D eigenvalue weighted by Crippen LogP contribution is 2.15. The van der Waals surface area contributed by atoms with Crippen molar-refractivity contribution < 1.29 is 0 Å². The summed E-state index contributed by atoms with van der Waals surface area (Å²) in [6, 6.07) is 1.88. The highest BCUT2D eigenvalue weighted by molar-refractivity contribution is 7.15. The predicted octanol–water partition coefficient (Wildman–Crippen LogP) is 0.802. The predicted molar refractivity (Wildman–Crippen MR) is 66.5 cm³/mol. The Morgan fingerprint density at radius 3 is 2.76 bits per heavy atom. The van der Waals surface area contributed by atoms with Crippen molar-refractivity contribution in [2.24, 2.45) is 0 Å². The summed E-state index contributed by atoms with van der Waals surface area (Å²) in [6.07, 6.45) is 0. The fourth-order valence-electron chi connectivity index (χ4n) is 1.52. The Hall–Kier alpha value is -1.76. The van der Waals surface area contributed by atoms with Crippen LogP contribution in [0.4, 0.5) is 5.13 Å². The van der Waals surface area contributed by atoms with Crippen LogP contribution in [-0.2, 0) is 6.54 Å². The minimum atomic E-state index is -0.247. The maximum atomic E-state index is 11.7. The summed E-state index contributed by atoms with van der Waals surface area (Å²) in [7, 11) is 1.79. The molecule has 0 aliphatic heterocycles. The molecule has 0 atom stereocenters. The molecule has 0 aromatic carbocycles. The van der Waals surface area contributed by atoms with E-state index in [0.717, 1.165) is 21.5 Å². The summed E-state index contributed by atoms with van der Waals surface area (Å²) in [5, 5.41) is 12.4. The molecule has 17 heavy (non-hydrogen) atoms. The number of nitrogens with one attached hydrogen (secondary N) is 1. The Labute approximate surface area is 102 Å². The van der Waals surface area contributed by atoms with Gasteiger partial charge < -0.3 is 5.32 Å². The van der Waals surface area contributed by atoms with Crippen LogP contribution in [-0.4, -0.2) is 26.8 Å². The maximum Gasteiger partial charge on any atom is 0.348 e. The fourth-order valence-corrected chi connectivity index (χ4v) is 2.20. The first-order chi connectivity index (χ1) is 8.10. The third kappa shape index (κ3) is 2.50. The van der Waals surface area contributed by atoms with Crippen molar-refractivity contribution in [3.05, 3.63) is 32.9 Å². The maximum absolute atomic E-state index is 11.7. The van der Waals surface area contributed by atoms with E-state index in [1.807, 2.05) is 19.9 Å². The molecule has 0 amide bonds. The lowest BCUT2D eigenvalue weighted by molar-refractivity contribution is 0.685. The van der Waals surface area contributed by atoms with Crippen LogP contribution in [0.25, 0.3) is 0 Å². The van der Waals surface area contributed by atoms with Crippen LogP contribution < -0.4 is 11.0 Å². The third-order valence-corrected chi connectivity index (χ3v) is 3.25. The van der Waals surface area contributed by atoms with Crippen LogP contribution in [0.5, 0.6) is 0 Å². The average molecular weight is 251 g/mol. The van der Waals surface area contributed by atoms with Gasteiger partial charge in [-0.3, -0.25) is 4.57 Å². The standard InChI is InChI=1S/C10H13N5OS/c1-6-4-7(2)15(10(16)12-6)5-8-13-14-9(11-3)17-8/h4H,5H2,1-3H3,(H,11,14). The van der Waals surface area contributed by atoms with E-state index < -0.39 is 0 Å². The van der Waals surface area contributed by atoms with E-state index in [1.165, 1.54) is 11.3 Å². The van der Waals surface area contributed by atoms with E-state index >= 15 is 0 Å². The summed E-state index contributed by atoms with van der Waals surface area (Å²) >= 11 is 1.43. The number of aromatic nitrogens is 4. The zero-order chi connectivity index (χ0) is 12.4. The van der Waals surface area contributed by atoms with Gasteiger partial charge in [0.25, 0.3) is 0 Å². The van der Waals surface area contributed by atoms with Gasteiger partial charge in [0.2, 0.25) is 5.13 Å². The van der Waals surface area contributed by atoms with E-state index in [1.54, 1.807) is 11.6 Å². The molecule has 2 aromatic heterocycles. The molecule has 0 bridgehead atoms. The minimum absolute atomic E-state index is 0.247. The Morgan fingerprint density at radius 2 is 2.18 bits per heavy atom. The van der Waals surface area contributed by atoms with E-state index in [4.69, 9.17) is 0 Å². The number of nitrogens with zero attached hydrogens (tertiary/aromatic N) is 4. The second-order valence-electron chi connectivity index (χ2n) is 3.66. The summed E-state index contributed by atoms with van der Waals surface area (Å²) < 4.78 is 1.59. The molecule has 0 fully saturated rings. The zero-order valence-electron chi connectivity index (χ0n) is 9.89. The van der Waals surface area contributed by atoms with Crippen molar-refractivity contribution in [2.75, 3.05) is 12.4 Å². The number of rotatable bonds is 3. The van der Waals surface area contributed by atoms with Crippen LogP contribution in [0.3, 0.4) is 0 Å². The topological polar surface area (TPSA) is 72.7 Å². The van der Waals surface area contributed by atoms with E-state index in [9.17, 15) is 4.79 Å². The van der Waals surface area contributed by atoms with Crippen LogP contribution in [0.1, 0.15) is 16.4 Å². The largest absolute Gasteiger partial charge is 0.363 e. The van der Waals surface area contributed by atoms with Gasteiger partial charge in [0, 0.05) is 18.4 Å². The van der Waals surface area contributed by atoms with Crippen molar-refractivity contribution in [2.45, 2.75) is 20.4 Å². The van der Waals surface area contributed by atoms with E-state index in [0.29, 0.717) is 6.54 Å². The Balaban J connectivity index is 2.33. The van der Waals surface area contributed by atoms with Gasteiger partial charge in [-0.1, -0.05) is 11.3 Å². The quantitative estimate of drug-likeness (QED) is 0.873. The number of hydrogen-bond donors (Lipinski definition) is 1. The molecule has 7 heteroatoms. The molecule has 0 aliphatic carbocycles. The van der Waals surface area contributed by atoms with Crippen molar-refractivity contribution in [1.29, 1.82) is 0 Å². The van der Waals surface area contributed by atoms with Crippen LogP contribution in [0.15, 0.2) is 10.9 Å². The molecule has 0 spiro atoms. The molecule has 0 unspecified atom stereocenters. The van der Waals surface area contributed by atoms with E-state index in [2.05, 4.69) is 20.5 Å². The van der Waals surface area contributed by atoms with Gasteiger partial charge >= 0.3 is 5.69 Å². The molecule has 0 saturated heterocycles. The molecule has 0 saturated carbocycles. The molecule has 0 radical (unpaired) electrons. The van der Waals surface area contributed by atoms with Crippen molar-refractivity contribution in [1.82, 2.24) is 19.7 Å². The van der Waals surface area contributed by atoms with Gasteiger partial charge in [-0.2, -0.15) is 4.98 Å². The first-order valence-corrected chi connectivity index (χ1v) is 5.97. The van der Waals surface area contributed by atoms with Crippen LogP contribution in [0, 0.1) is 13.8 Å². The summed E-state index contributed by atoms with van der Waals surface area (Å²) in [5.41, 5.74) is 1.37. The molecular formula is C10H13N5OS. The summed E-state index contributed by atoms with van der Waals surface area (Å²) in [4.78, 5) is 15.6. The molecule has 1 N–H and O–H groups in total. The Morgan fingerprint density at radius 1 is 1.41 bits per heavy atom. The molecule has 2 aromatic rings.